The highest BCUT2D eigenvalue weighted by Gasteiger charge is 2.31. The van der Waals surface area contributed by atoms with Crippen LogP contribution in [0.5, 0.6) is 0 Å². The van der Waals surface area contributed by atoms with Gasteiger partial charge in [0.25, 0.3) is 0 Å². The third kappa shape index (κ3) is 12.3. The van der Waals surface area contributed by atoms with Crippen LogP contribution in [0.4, 0.5) is 0 Å². The lowest BCUT2D eigenvalue weighted by atomic mass is 10.0. The van der Waals surface area contributed by atoms with Crippen LogP contribution in [0.2, 0.25) is 0 Å². The molecule has 0 heterocycles. The molecule has 0 bridgehead atoms. The molecule has 1 aromatic carbocycles. The van der Waals surface area contributed by atoms with Crippen LogP contribution >= 0.6 is 0 Å². The Morgan fingerprint density at radius 1 is 0.737 bits per heavy atom. The zero-order valence-electron chi connectivity index (χ0n) is 20.8. The van der Waals surface area contributed by atoms with E-state index in [0.717, 1.165) is 0 Å². The van der Waals surface area contributed by atoms with E-state index in [0.29, 0.717) is 24.9 Å². The van der Waals surface area contributed by atoms with Gasteiger partial charge in [-0.25, -0.2) is 4.79 Å². The quantitative estimate of drug-likeness (QED) is 0.101. The Balaban J connectivity index is 3.08. The van der Waals surface area contributed by atoms with E-state index in [1.165, 1.54) is 0 Å². The number of carbonyl (C=O) groups excluding carboxylic acids is 3. The summed E-state index contributed by atoms with van der Waals surface area (Å²) < 4.78 is 0. The van der Waals surface area contributed by atoms with E-state index in [2.05, 4.69) is 16.0 Å². The second kappa shape index (κ2) is 16.7. The van der Waals surface area contributed by atoms with Crippen LogP contribution in [0, 0.1) is 0 Å². The van der Waals surface area contributed by atoms with Gasteiger partial charge >= 0.3 is 17.9 Å². The number of aliphatic carboxylic acids is 3. The molecule has 4 atom stereocenters. The number of nitrogens with one attached hydrogen (secondary N) is 3. The topological polar surface area (TPSA) is 251 Å². The van der Waals surface area contributed by atoms with Gasteiger partial charge in [0.1, 0.15) is 18.1 Å². The Morgan fingerprint density at radius 3 is 1.87 bits per heavy atom. The third-order valence-electron chi connectivity index (χ3n) is 5.49. The number of amides is 3. The standard InChI is InChI=1S/C24H35N5O9/c25-11-5-4-8-16(24(37)38)27-22(35)17(12-14-6-2-1-3-7-14)29-23(36)18(13-20(32)33)28-21(34)15(26)9-10-19(30)31/h1-3,6-7,15-18H,4-5,8-13,25-26H2,(H,27,35)(H,28,34)(H,29,36)(H,30,31)(H,32,33)(H,37,38). The lowest BCUT2D eigenvalue weighted by Crippen LogP contribution is -2.58. The highest BCUT2D eigenvalue weighted by Crippen LogP contribution is 2.08. The van der Waals surface area contributed by atoms with E-state index in [1.807, 2.05) is 0 Å². The highest BCUT2D eigenvalue weighted by atomic mass is 16.4. The minimum atomic E-state index is -1.64. The van der Waals surface area contributed by atoms with Crippen LogP contribution < -0.4 is 27.4 Å². The fourth-order valence-electron chi connectivity index (χ4n) is 3.43. The first-order valence-electron chi connectivity index (χ1n) is 12.0. The normalized spacial score (nSPS) is 13.8. The van der Waals surface area contributed by atoms with Crippen molar-refractivity contribution in [3.8, 4) is 0 Å². The second-order valence-electron chi connectivity index (χ2n) is 8.63. The summed E-state index contributed by atoms with van der Waals surface area (Å²) >= 11 is 0. The summed E-state index contributed by atoms with van der Waals surface area (Å²) in [4.78, 5) is 72.1. The van der Waals surface area contributed by atoms with Gasteiger partial charge in [-0.2, -0.15) is 0 Å². The Labute approximate surface area is 219 Å². The predicted molar refractivity (Wildman–Crippen MR) is 134 cm³/mol. The molecule has 10 N–H and O–H groups in total. The van der Waals surface area contributed by atoms with Crippen LogP contribution in [0.15, 0.2) is 30.3 Å². The molecule has 14 nitrogen and oxygen atoms in total. The van der Waals surface area contributed by atoms with Crippen LogP contribution in [-0.4, -0.2) is 81.7 Å². The van der Waals surface area contributed by atoms with Gasteiger partial charge in [0.2, 0.25) is 17.7 Å². The van der Waals surface area contributed by atoms with Crippen molar-refractivity contribution < 1.29 is 44.1 Å². The molecule has 210 valence electrons. The molecular formula is C24H35N5O9. The zero-order chi connectivity index (χ0) is 28.7. The summed E-state index contributed by atoms with van der Waals surface area (Å²) in [6.07, 6.45) is -0.468. The first kappa shape index (κ1) is 32.0. The van der Waals surface area contributed by atoms with Gasteiger partial charge in [-0.3, -0.25) is 24.0 Å². The van der Waals surface area contributed by atoms with Crippen molar-refractivity contribution in [2.75, 3.05) is 6.54 Å². The van der Waals surface area contributed by atoms with Gasteiger partial charge < -0.3 is 42.7 Å². The van der Waals surface area contributed by atoms with E-state index in [4.69, 9.17) is 16.6 Å². The molecule has 0 saturated carbocycles. The van der Waals surface area contributed by atoms with Gasteiger partial charge in [-0.15, -0.1) is 0 Å². The summed E-state index contributed by atoms with van der Waals surface area (Å²) in [5.41, 5.74) is 11.7. The predicted octanol–water partition coefficient (Wildman–Crippen LogP) is -1.44. The Hall–Kier alpha value is -4.04. The smallest absolute Gasteiger partial charge is 0.326 e. The summed E-state index contributed by atoms with van der Waals surface area (Å²) in [7, 11) is 0. The maximum absolute atomic E-state index is 13.1. The number of carboxylic acid groups (broad SMARTS) is 3. The molecule has 1 rings (SSSR count). The maximum Gasteiger partial charge on any atom is 0.326 e. The summed E-state index contributed by atoms with van der Waals surface area (Å²) in [6, 6.07) is 2.99. The van der Waals surface area contributed by atoms with Crippen molar-refractivity contribution in [1.29, 1.82) is 0 Å². The molecule has 0 aromatic heterocycles. The number of benzene rings is 1. The number of rotatable bonds is 18. The van der Waals surface area contributed by atoms with Crippen LogP contribution in [0.1, 0.15) is 44.1 Å². The average Bonchev–Trinajstić information content (AvgIpc) is 2.85. The third-order valence-corrected chi connectivity index (χ3v) is 5.49. The molecule has 1 aromatic rings. The monoisotopic (exact) mass is 537 g/mol. The van der Waals surface area contributed by atoms with Gasteiger partial charge in [0, 0.05) is 12.8 Å². The molecule has 0 fully saturated rings. The number of unbranched alkanes of at least 4 members (excludes halogenated alkanes) is 1. The number of hydrogen-bond acceptors (Lipinski definition) is 8. The van der Waals surface area contributed by atoms with Gasteiger partial charge in [0.05, 0.1) is 12.5 Å². The number of carboxylic acids is 3. The highest BCUT2D eigenvalue weighted by molar-refractivity contribution is 5.95. The number of hydrogen-bond donors (Lipinski definition) is 8. The van der Waals surface area contributed by atoms with Crippen molar-refractivity contribution in [2.45, 2.75) is 69.1 Å². The van der Waals surface area contributed by atoms with Crippen LogP contribution in [0.3, 0.4) is 0 Å². The Morgan fingerprint density at radius 2 is 1.32 bits per heavy atom. The van der Waals surface area contributed by atoms with Crippen molar-refractivity contribution >= 4 is 35.6 Å². The minimum absolute atomic E-state index is 0.0561. The molecule has 0 aliphatic rings. The lowest BCUT2D eigenvalue weighted by molar-refractivity contribution is -0.143. The molecule has 3 amide bonds. The average molecular weight is 538 g/mol. The van der Waals surface area contributed by atoms with Crippen molar-refractivity contribution in [1.82, 2.24) is 16.0 Å². The molecule has 0 radical (unpaired) electrons. The lowest BCUT2D eigenvalue weighted by Gasteiger charge is -2.25. The fourth-order valence-corrected chi connectivity index (χ4v) is 3.43. The van der Waals surface area contributed by atoms with E-state index >= 15 is 0 Å². The molecule has 14 heteroatoms. The SMILES string of the molecule is NCCCCC(NC(=O)C(Cc1ccccc1)NC(=O)C(CC(=O)O)NC(=O)C(N)CCC(=O)O)C(=O)O. The largest absolute Gasteiger partial charge is 0.481 e. The second-order valence-corrected chi connectivity index (χ2v) is 8.63. The molecule has 38 heavy (non-hydrogen) atoms. The first-order chi connectivity index (χ1) is 17.9. The molecule has 0 saturated heterocycles. The van der Waals surface area contributed by atoms with Crippen molar-refractivity contribution in [3.05, 3.63) is 35.9 Å². The fraction of sp³-hybridized carbons (Fsp3) is 0.500. The Kier molecular flexibility index (Phi) is 14.0. The summed E-state index contributed by atoms with van der Waals surface area (Å²) in [5, 5.41) is 34.5. The summed E-state index contributed by atoms with van der Waals surface area (Å²) in [5.74, 6) is -6.67. The first-order valence-corrected chi connectivity index (χ1v) is 12.0. The molecule has 0 aliphatic heterocycles. The maximum atomic E-state index is 13.1. The molecule has 4 unspecified atom stereocenters. The Bertz CT molecular complexity index is 973. The van der Waals surface area contributed by atoms with Crippen LogP contribution in [-0.2, 0) is 35.2 Å². The van der Waals surface area contributed by atoms with E-state index in [1.54, 1.807) is 30.3 Å². The van der Waals surface area contributed by atoms with Crippen molar-refractivity contribution in [3.63, 3.8) is 0 Å². The van der Waals surface area contributed by atoms with Gasteiger partial charge in [-0.1, -0.05) is 30.3 Å². The van der Waals surface area contributed by atoms with E-state index < -0.39 is 72.6 Å². The van der Waals surface area contributed by atoms with Crippen molar-refractivity contribution in [2.24, 2.45) is 11.5 Å². The zero-order valence-corrected chi connectivity index (χ0v) is 20.8. The van der Waals surface area contributed by atoms with E-state index in [-0.39, 0.29) is 19.3 Å². The van der Waals surface area contributed by atoms with E-state index in [9.17, 15) is 39.0 Å². The van der Waals surface area contributed by atoms with Crippen LogP contribution in [0.25, 0.3) is 0 Å². The number of nitrogens with two attached hydrogens (primary N) is 2. The number of carbonyl (C=O) groups is 6. The summed E-state index contributed by atoms with van der Waals surface area (Å²) in [6.45, 7) is 0.351. The van der Waals surface area contributed by atoms with Gasteiger partial charge in [-0.05, 0) is 37.8 Å². The molecule has 0 aliphatic carbocycles. The minimum Gasteiger partial charge on any atom is -0.481 e. The molecular weight excluding hydrogens is 502 g/mol. The van der Waals surface area contributed by atoms with Gasteiger partial charge in [0.15, 0.2) is 0 Å². The molecule has 0 spiro atoms.